The molecule has 0 aliphatic heterocycles. The molecule has 2 aromatic heterocycles. The molecule has 3 rings (SSSR count). The highest BCUT2D eigenvalue weighted by atomic mass is 19.4. The molecule has 0 saturated carbocycles. The largest absolute Gasteiger partial charge is 0.508 e. The van der Waals surface area contributed by atoms with Crippen LogP contribution in [0.4, 0.5) is 13.2 Å². The number of ether oxygens (including phenoxy) is 2. The molecule has 162 valence electrons. The van der Waals surface area contributed by atoms with Gasteiger partial charge in [0.15, 0.2) is 6.61 Å². The SMILES string of the molecule is C[C@@H](NC(=O)c1cccnc1Oc1ccc(O)cc1)c1ccc(OCC(F)(F)F)cn1. The van der Waals surface area contributed by atoms with Crippen LogP contribution in [0.1, 0.15) is 29.0 Å². The van der Waals surface area contributed by atoms with E-state index in [-0.39, 0.29) is 22.9 Å². The van der Waals surface area contributed by atoms with Crippen molar-refractivity contribution in [2.45, 2.75) is 19.1 Å². The molecule has 1 atom stereocenters. The molecule has 0 unspecified atom stereocenters. The van der Waals surface area contributed by atoms with Gasteiger partial charge in [0.05, 0.1) is 17.9 Å². The zero-order chi connectivity index (χ0) is 22.4. The highest BCUT2D eigenvalue weighted by Crippen LogP contribution is 2.25. The van der Waals surface area contributed by atoms with Crippen LogP contribution in [0.2, 0.25) is 0 Å². The van der Waals surface area contributed by atoms with Gasteiger partial charge in [-0.3, -0.25) is 9.78 Å². The molecule has 7 nitrogen and oxygen atoms in total. The number of alkyl halides is 3. The van der Waals surface area contributed by atoms with E-state index in [0.29, 0.717) is 11.4 Å². The van der Waals surface area contributed by atoms with Gasteiger partial charge in [0, 0.05) is 6.20 Å². The standard InChI is InChI=1S/C21H18F3N3O4/c1-13(18-9-8-16(11-26-18)30-12-21(22,23)24)27-19(29)17-3-2-10-25-20(17)31-15-6-4-14(28)5-7-15/h2-11,13,28H,12H2,1H3,(H,27,29)/t13-/m1/s1. The van der Waals surface area contributed by atoms with Crippen LogP contribution in [0.15, 0.2) is 60.9 Å². The second-order valence-corrected chi connectivity index (χ2v) is 6.47. The van der Waals surface area contributed by atoms with E-state index in [0.717, 1.165) is 6.20 Å². The van der Waals surface area contributed by atoms with Gasteiger partial charge in [-0.1, -0.05) is 0 Å². The first kappa shape index (κ1) is 21.9. The predicted octanol–water partition coefficient (Wildman–Crippen LogP) is 4.41. The molecule has 1 aromatic carbocycles. The topological polar surface area (TPSA) is 93.6 Å². The number of nitrogens with one attached hydrogen (secondary N) is 1. The Bertz CT molecular complexity index is 1030. The Morgan fingerprint density at radius 3 is 2.45 bits per heavy atom. The molecular formula is C21H18F3N3O4. The summed E-state index contributed by atoms with van der Waals surface area (Å²) in [4.78, 5) is 20.9. The molecule has 31 heavy (non-hydrogen) atoms. The van der Waals surface area contributed by atoms with Crippen molar-refractivity contribution in [1.82, 2.24) is 15.3 Å². The van der Waals surface area contributed by atoms with E-state index >= 15 is 0 Å². The summed E-state index contributed by atoms with van der Waals surface area (Å²) in [6.07, 6.45) is -1.81. The lowest BCUT2D eigenvalue weighted by Gasteiger charge is -2.16. The second kappa shape index (κ2) is 9.33. The zero-order valence-electron chi connectivity index (χ0n) is 16.3. The first-order valence-corrected chi connectivity index (χ1v) is 9.09. The third-order valence-corrected chi connectivity index (χ3v) is 4.02. The number of pyridine rings is 2. The van der Waals surface area contributed by atoms with Crippen LogP contribution < -0.4 is 14.8 Å². The predicted molar refractivity (Wildman–Crippen MR) is 104 cm³/mol. The Balaban J connectivity index is 1.66. The van der Waals surface area contributed by atoms with Gasteiger partial charge in [-0.25, -0.2) is 4.98 Å². The fourth-order valence-corrected chi connectivity index (χ4v) is 2.52. The number of aromatic hydroxyl groups is 1. The number of phenols is 1. The smallest absolute Gasteiger partial charge is 0.422 e. The Morgan fingerprint density at radius 2 is 1.81 bits per heavy atom. The Hall–Kier alpha value is -3.82. The van der Waals surface area contributed by atoms with E-state index in [9.17, 15) is 23.1 Å². The van der Waals surface area contributed by atoms with Crippen LogP contribution in [0.3, 0.4) is 0 Å². The van der Waals surface area contributed by atoms with Gasteiger partial charge in [-0.05, 0) is 55.5 Å². The van der Waals surface area contributed by atoms with Gasteiger partial charge in [0.25, 0.3) is 5.91 Å². The van der Waals surface area contributed by atoms with Crippen molar-refractivity contribution in [1.29, 1.82) is 0 Å². The minimum atomic E-state index is -4.44. The Labute approximate surface area is 175 Å². The lowest BCUT2D eigenvalue weighted by Crippen LogP contribution is -2.27. The highest BCUT2D eigenvalue weighted by molar-refractivity contribution is 5.96. The Kier molecular flexibility index (Phi) is 6.58. The monoisotopic (exact) mass is 433 g/mol. The summed E-state index contributed by atoms with van der Waals surface area (Å²) < 4.78 is 46.9. The van der Waals surface area contributed by atoms with Crippen molar-refractivity contribution in [3.05, 3.63) is 72.2 Å². The molecule has 10 heteroatoms. The van der Waals surface area contributed by atoms with Crippen molar-refractivity contribution < 1.29 is 32.5 Å². The maximum Gasteiger partial charge on any atom is 0.422 e. The number of aromatic nitrogens is 2. The number of rotatable bonds is 7. The summed E-state index contributed by atoms with van der Waals surface area (Å²) in [7, 11) is 0. The van der Waals surface area contributed by atoms with Crippen molar-refractivity contribution in [3.8, 4) is 23.1 Å². The van der Waals surface area contributed by atoms with E-state index in [1.54, 1.807) is 13.0 Å². The normalized spacial score (nSPS) is 12.1. The zero-order valence-corrected chi connectivity index (χ0v) is 16.3. The summed E-state index contributed by atoms with van der Waals surface area (Å²) in [5.74, 6) is 0.0176. The number of amides is 1. The quantitative estimate of drug-likeness (QED) is 0.574. The minimum Gasteiger partial charge on any atom is -0.508 e. The van der Waals surface area contributed by atoms with E-state index in [1.165, 1.54) is 48.7 Å². The van der Waals surface area contributed by atoms with Crippen LogP contribution in [0.5, 0.6) is 23.1 Å². The molecule has 0 bridgehead atoms. The van der Waals surface area contributed by atoms with Crippen molar-refractivity contribution in [3.63, 3.8) is 0 Å². The highest BCUT2D eigenvalue weighted by Gasteiger charge is 2.28. The third-order valence-electron chi connectivity index (χ3n) is 4.02. The van der Waals surface area contributed by atoms with E-state index in [2.05, 4.69) is 20.0 Å². The average molecular weight is 433 g/mol. The molecule has 3 aromatic rings. The molecule has 0 aliphatic rings. The van der Waals surface area contributed by atoms with Gasteiger partial charge in [-0.2, -0.15) is 13.2 Å². The van der Waals surface area contributed by atoms with Gasteiger partial charge in [0.2, 0.25) is 5.88 Å². The van der Waals surface area contributed by atoms with Crippen molar-refractivity contribution in [2.75, 3.05) is 6.61 Å². The number of benzene rings is 1. The number of carbonyl (C=O) groups excluding carboxylic acids is 1. The van der Waals surface area contributed by atoms with Crippen LogP contribution in [-0.2, 0) is 0 Å². The molecule has 0 saturated heterocycles. The Morgan fingerprint density at radius 1 is 1.10 bits per heavy atom. The molecule has 1 amide bonds. The first-order valence-electron chi connectivity index (χ1n) is 9.09. The number of phenolic OH excluding ortho intramolecular Hbond substituents is 1. The molecule has 2 N–H and O–H groups in total. The first-order chi connectivity index (χ1) is 14.7. The minimum absolute atomic E-state index is 0.0311. The van der Waals surface area contributed by atoms with Crippen LogP contribution in [-0.4, -0.2) is 33.8 Å². The summed E-state index contributed by atoms with van der Waals surface area (Å²) in [6, 6.07) is 11.3. The average Bonchev–Trinajstić information content (AvgIpc) is 2.74. The summed E-state index contributed by atoms with van der Waals surface area (Å²) in [6.45, 7) is 0.262. The number of halogens is 3. The fraction of sp³-hybridized carbons (Fsp3) is 0.190. The second-order valence-electron chi connectivity index (χ2n) is 6.47. The molecule has 0 spiro atoms. The lowest BCUT2D eigenvalue weighted by molar-refractivity contribution is -0.153. The summed E-state index contributed by atoms with van der Waals surface area (Å²) in [5, 5.41) is 12.1. The van der Waals surface area contributed by atoms with Gasteiger partial charge in [0.1, 0.15) is 22.8 Å². The van der Waals surface area contributed by atoms with Crippen LogP contribution in [0, 0.1) is 0 Å². The maximum atomic E-state index is 12.7. The van der Waals surface area contributed by atoms with Crippen LogP contribution >= 0.6 is 0 Å². The molecule has 0 aliphatic carbocycles. The van der Waals surface area contributed by atoms with Crippen molar-refractivity contribution in [2.24, 2.45) is 0 Å². The van der Waals surface area contributed by atoms with Crippen LogP contribution in [0.25, 0.3) is 0 Å². The fourth-order valence-electron chi connectivity index (χ4n) is 2.52. The number of hydrogen-bond acceptors (Lipinski definition) is 6. The molecule has 0 radical (unpaired) electrons. The summed E-state index contributed by atoms with van der Waals surface area (Å²) in [5.41, 5.74) is 0.602. The van der Waals surface area contributed by atoms with Crippen molar-refractivity contribution >= 4 is 5.91 Å². The maximum absolute atomic E-state index is 12.7. The lowest BCUT2D eigenvalue weighted by atomic mass is 10.2. The van der Waals surface area contributed by atoms with Gasteiger partial charge >= 0.3 is 6.18 Å². The molecule has 2 heterocycles. The number of carbonyl (C=O) groups is 1. The van der Waals surface area contributed by atoms with Gasteiger partial charge in [-0.15, -0.1) is 0 Å². The van der Waals surface area contributed by atoms with E-state index < -0.39 is 24.7 Å². The third kappa shape index (κ3) is 6.33. The van der Waals surface area contributed by atoms with E-state index in [4.69, 9.17) is 4.74 Å². The molecular weight excluding hydrogens is 415 g/mol. The number of hydrogen-bond donors (Lipinski definition) is 2. The summed E-state index contributed by atoms with van der Waals surface area (Å²) >= 11 is 0. The number of nitrogens with zero attached hydrogens (tertiary/aromatic N) is 2. The molecule has 0 fully saturated rings. The van der Waals surface area contributed by atoms with E-state index in [1.807, 2.05) is 0 Å². The van der Waals surface area contributed by atoms with Gasteiger partial charge < -0.3 is 19.9 Å².